The third kappa shape index (κ3) is 5.45. The van der Waals surface area contributed by atoms with Gasteiger partial charge in [0.2, 0.25) is 5.91 Å². The van der Waals surface area contributed by atoms with Crippen LogP contribution in [0.15, 0.2) is 53.7 Å². The van der Waals surface area contributed by atoms with E-state index in [0.717, 1.165) is 17.0 Å². The molecule has 1 amide bonds. The molecule has 3 rings (SSSR count). The standard InChI is InChI=1S/C24H29ClN4O2S/c1-6-31-19-13-11-18(12-14-19)29-23(20-9-7-8-10-21(20)25)26-27-24(29)32-15-22(30)28(16(2)3)17(4)5/h7-14,16-17H,6,15H2,1-5H3. The number of nitrogens with zero attached hydrogens (tertiary/aromatic N) is 4. The molecule has 0 aliphatic rings. The lowest BCUT2D eigenvalue weighted by Crippen LogP contribution is -2.43. The van der Waals surface area contributed by atoms with E-state index in [1.54, 1.807) is 0 Å². The second kappa shape index (κ2) is 10.9. The van der Waals surface area contributed by atoms with Crippen molar-refractivity contribution in [1.29, 1.82) is 0 Å². The summed E-state index contributed by atoms with van der Waals surface area (Å²) < 4.78 is 7.51. The molecule has 8 heteroatoms. The SMILES string of the molecule is CCOc1ccc(-n2c(SCC(=O)N(C(C)C)C(C)C)nnc2-c2ccccc2Cl)cc1. The molecule has 1 heterocycles. The predicted octanol–water partition coefficient (Wildman–Crippen LogP) is 5.72. The van der Waals surface area contributed by atoms with E-state index in [1.807, 2.05) is 92.6 Å². The molecule has 0 radical (unpaired) electrons. The van der Waals surface area contributed by atoms with E-state index >= 15 is 0 Å². The fraction of sp³-hybridized carbons (Fsp3) is 0.375. The summed E-state index contributed by atoms with van der Waals surface area (Å²) in [5.41, 5.74) is 1.65. The highest BCUT2D eigenvalue weighted by Gasteiger charge is 2.23. The number of carbonyl (C=O) groups is 1. The van der Waals surface area contributed by atoms with Crippen LogP contribution in [0.25, 0.3) is 17.1 Å². The van der Waals surface area contributed by atoms with Crippen molar-refractivity contribution in [2.75, 3.05) is 12.4 Å². The number of amides is 1. The van der Waals surface area contributed by atoms with Crippen LogP contribution in [0.1, 0.15) is 34.6 Å². The lowest BCUT2D eigenvalue weighted by Gasteiger charge is -2.30. The number of hydrogen-bond acceptors (Lipinski definition) is 5. The lowest BCUT2D eigenvalue weighted by molar-refractivity contribution is -0.131. The van der Waals surface area contributed by atoms with Crippen molar-refractivity contribution in [3.8, 4) is 22.8 Å². The van der Waals surface area contributed by atoms with Gasteiger partial charge in [-0.2, -0.15) is 0 Å². The van der Waals surface area contributed by atoms with E-state index < -0.39 is 0 Å². The molecule has 0 saturated carbocycles. The lowest BCUT2D eigenvalue weighted by atomic mass is 10.2. The number of thioether (sulfide) groups is 1. The van der Waals surface area contributed by atoms with Crippen LogP contribution in [0, 0.1) is 0 Å². The van der Waals surface area contributed by atoms with Crippen molar-refractivity contribution in [3.05, 3.63) is 53.6 Å². The van der Waals surface area contributed by atoms with Gasteiger partial charge in [-0.1, -0.05) is 35.5 Å². The van der Waals surface area contributed by atoms with Gasteiger partial charge >= 0.3 is 0 Å². The molecule has 32 heavy (non-hydrogen) atoms. The van der Waals surface area contributed by atoms with Crippen LogP contribution in [-0.4, -0.2) is 50.0 Å². The number of rotatable bonds is 9. The minimum absolute atomic E-state index is 0.0699. The molecule has 0 saturated heterocycles. The summed E-state index contributed by atoms with van der Waals surface area (Å²) in [6, 6.07) is 15.5. The zero-order valence-electron chi connectivity index (χ0n) is 19.1. The molecule has 0 N–H and O–H groups in total. The number of aromatic nitrogens is 3. The molecule has 2 aromatic carbocycles. The highest BCUT2D eigenvalue weighted by atomic mass is 35.5. The van der Waals surface area contributed by atoms with Crippen LogP contribution in [0.5, 0.6) is 5.75 Å². The Hall–Kier alpha value is -2.51. The van der Waals surface area contributed by atoms with Crippen LogP contribution in [0.4, 0.5) is 0 Å². The van der Waals surface area contributed by atoms with Gasteiger partial charge in [-0.05, 0) is 71.0 Å². The summed E-state index contributed by atoms with van der Waals surface area (Å²) in [6.45, 7) is 10.7. The molecular weight excluding hydrogens is 444 g/mol. The van der Waals surface area contributed by atoms with E-state index in [2.05, 4.69) is 10.2 Å². The average molecular weight is 473 g/mol. The minimum atomic E-state index is 0.0699. The van der Waals surface area contributed by atoms with Crippen molar-refractivity contribution in [2.24, 2.45) is 0 Å². The largest absolute Gasteiger partial charge is 0.494 e. The maximum absolute atomic E-state index is 12.9. The van der Waals surface area contributed by atoms with E-state index in [9.17, 15) is 4.79 Å². The molecular formula is C24H29ClN4O2S. The van der Waals surface area contributed by atoms with Gasteiger partial charge in [-0.25, -0.2) is 0 Å². The molecule has 0 spiro atoms. The topological polar surface area (TPSA) is 60.2 Å². The summed E-state index contributed by atoms with van der Waals surface area (Å²) >= 11 is 7.84. The van der Waals surface area contributed by atoms with Gasteiger partial charge in [0.25, 0.3) is 0 Å². The molecule has 0 fully saturated rings. The summed E-state index contributed by atoms with van der Waals surface area (Å²) in [5, 5.41) is 10.0. The number of halogens is 1. The van der Waals surface area contributed by atoms with E-state index in [-0.39, 0.29) is 23.7 Å². The Bertz CT molecular complexity index is 1040. The zero-order chi connectivity index (χ0) is 23.3. The highest BCUT2D eigenvalue weighted by Crippen LogP contribution is 2.32. The normalized spacial score (nSPS) is 11.2. The highest BCUT2D eigenvalue weighted by molar-refractivity contribution is 7.99. The predicted molar refractivity (Wildman–Crippen MR) is 131 cm³/mol. The first-order valence-corrected chi connectivity index (χ1v) is 12.1. The minimum Gasteiger partial charge on any atom is -0.494 e. The van der Waals surface area contributed by atoms with Gasteiger partial charge in [-0.3, -0.25) is 9.36 Å². The average Bonchev–Trinajstić information content (AvgIpc) is 3.16. The third-order valence-corrected chi connectivity index (χ3v) is 6.12. The van der Waals surface area contributed by atoms with Crippen molar-refractivity contribution >= 4 is 29.3 Å². The van der Waals surface area contributed by atoms with Crippen molar-refractivity contribution in [3.63, 3.8) is 0 Å². The molecule has 0 bridgehead atoms. The maximum Gasteiger partial charge on any atom is 0.233 e. The second-order valence-corrected chi connectivity index (χ2v) is 9.18. The van der Waals surface area contributed by atoms with Crippen molar-refractivity contribution < 1.29 is 9.53 Å². The Morgan fingerprint density at radius 1 is 1.06 bits per heavy atom. The van der Waals surface area contributed by atoms with Crippen LogP contribution in [0.2, 0.25) is 5.02 Å². The van der Waals surface area contributed by atoms with Gasteiger partial charge in [0.15, 0.2) is 11.0 Å². The molecule has 0 aliphatic carbocycles. The summed E-state index contributed by atoms with van der Waals surface area (Å²) in [7, 11) is 0. The van der Waals surface area contributed by atoms with Gasteiger partial charge in [0.05, 0.1) is 17.4 Å². The van der Waals surface area contributed by atoms with Crippen LogP contribution >= 0.6 is 23.4 Å². The molecule has 1 aromatic heterocycles. The molecule has 0 unspecified atom stereocenters. The van der Waals surface area contributed by atoms with Crippen LogP contribution < -0.4 is 4.74 Å². The molecule has 0 aliphatic heterocycles. The first-order valence-electron chi connectivity index (χ1n) is 10.7. The zero-order valence-corrected chi connectivity index (χ0v) is 20.7. The quantitative estimate of drug-likeness (QED) is 0.372. The molecule has 0 atom stereocenters. The van der Waals surface area contributed by atoms with Crippen molar-refractivity contribution in [2.45, 2.75) is 51.9 Å². The van der Waals surface area contributed by atoms with Gasteiger partial charge in [-0.15, -0.1) is 10.2 Å². The van der Waals surface area contributed by atoms with Crippen LogP contribution in [-0.2, 0) is 4.79 Å². The fourth-order valence-electron chi connectivity index (χ4n) is 3.64. The number of ether oxygens (including phenoxy) is 1. The molecule has 3 aromatic rings. The Labute approximate surface area is 198 Å². The number of hydrogen-bond donors (Lipinski definition) is 0. The second-order valence-electron chi connectivity index (χ2n) is 7.83. The monoisotopic (exact) mass is 472 g/mol. The number of carbonyl (C=O) groups excluding carboxylic acids is 1. The van der Waals surface area contributed by atoms with E-state index in [0.29, 0.717) is 22.6 Å². The van der Waals surface area contributed by atoms with Gasteiger partial charge in [0, 0.05) is 23.3 Å². The Morgan fingerprint density at radius 3 is 2.31 bits per heavy atom. The Kier molecular flexibility index (Phi) is 8.21. The van der Waals surface area contributed by atoms with Gasteiger partial charge < -0.3 is 9.64 Å². The maximum atomic E-state index is 12.9. The van der Waals surface area contributed by atoms with Gasteiger partial charge in [0.1, 0.15) is 5.75 Å². The first-order chi connectivity index (χ1) is 15.3. The van der Waals surface area contributed by atoms with E-state index in [1.165, 1.54) is 11.8 Å². The Morgan fingerprint density at radius 2 is 1.72 bits per heavy atom. The molecule has 6 nitrogen and oxygen atoms in total. The van der Waals surface area contributed by atoms with E-state index in [4.69, 9.17) is 16.3 Å². The summed E-state index contributed by atoms with van der Waals surface area (Å²) in [4.78, 5) is 14.8. The Balaban J connectivity index is 1.98. The first kappa shape index (κ1) is 24.1. The number of benzene rings is 2. The smallest absolute Gasteiger partial charge is 0.233 e. The summed E-state index contributed by atoms with van der Waals surface area (Å²) in [5.74, 6) is 1.76. The van der Waals surface area contributed by atoms with Crippen molar-refractivity contribution in [1.82, 2.24) is 19.7 Å². The van der Waals surface area contributed by atoms with Crippen LogP contribution in [0.3, 0.4) is 0 Å². The fourth-order valence-corrected chi connectivity index (χ4v) is 4.69. The third-order valence-electron chi connectivity index (χ3n) is 4.88. The molecule has 170 valence electrons. The summed E-state index contributed by atoms with van der Waals surface area (Å²) in [6.07, 6.45) is 0.